The number of hydrogen-bond donors (Lipinski definition) is 1. The number of aryl methyl sites for hydroxylation is 1. The van der Waals surface area contributed by atoms with Gasteiger partial charge in [-0.1, -0.05) is 29.5 Å². The van der Waals surface area contributed by atoms with Crippen LogP contribution in [0.1, 0.15) is 17.0 Å². The molecule has 37 heavy (non-hydrogen) atoms. The largest absolute Gasteiger partial charge is 0.487 e. The molecule has 1 aliphatic rings. The lowest BCUT2D eigenvalue weighted by molar-refractivity contribution is -0.668. The first-order chi connectivity index (χ1) is 18.0. The Kier molecular flexibility index (Phi) is 10.3. The lowest BCUT2D eigenvalue weighted by Gasteiger charge is -2.13. The van der Waals surface area contributed by atoms with Gasteiger partial charge in [0.25, 0.3) is 15.1 Å². The number of benzene rings is 2. The van der Waals surface area contributed by atoms with Crippen LogP contribution in [0.4, 0.5) is 0 Å². The van der Waals surface area contributed by atoms with Gasteiger partial charge in [-0.05, 0) is 29.8 Å². The normalized spacial score (nSPS) is 16.5. The standard InChI is InChI=1S/C26H31NO8S2/c28-37(29,30)19-3-10-27-22-4-1-2-5-25(22)36-26(27)9-7-21-6-8-23-24(20-21)35-18-16-33-14-12-31-11-13-32-15-17-34-23/h1-2,4-9,20H,3,10-19H2/p+1/b9-7+. The Balaban J connectivity index is 1.52. The van der Waals surface area contributed by atoms with Crippen molar-refractivity contribution in [2.75, 3.05) is 58.6 Å². The van der Waals surface area contributed by atoms with E-state index in [4.69, 9.17) is 28.2 Å². The number of rotatable bonds is 6. The first-order valence-electron chi connectivity index (χ1n) is 12.2. The van der Waals surface area contributed by atoms with Crippen molar-refractivity contribution in [1.82, 2.24) is 0 Å². The monoisotopic (exact) mass is 550 g/mol. The highest BCUT2D eigenvalue weighted by Gasteiger charge is 2.19. The van der Waals surface area contributed by atoms with Gasteiger partial charge in [0.15, 0.2) is 18.0 Å². The number of aromatic nitrogens is 1. The number of para-hydroxylation sites is 1. The topological polar surface area (TPSA) is 104 Å². The van der Waals surface area contributed by atoms with Gasteiger partial charge >= 0.3 is 0 Å². The van der Waals surface area contributed by atoms with E-state index in [1.807, 2.05) is 54.6 Å². The van der Waals surface area contributed by atoms with Crippen molar-refractivity contribution in [3.8, 4) is 11.5 Å². The van der Waals surface area contributed by atoms with E-state index in [1.165, 1.54) is 0 Å². The molecule has 4 rings (SSSR count). The molecule has 0 spiro atoms. The number of hydrogen-bond acceptors (Lipinski definition) is 8. The number of ether oxygens (including phenoxy) is 5. The third-order valence-electron chi connectivity index (χ3n) is 5.52. The molecule has 0 radical (unpaired) electrons. The van der Waals surface area contributed by atoms with E-state index < -0.39 is 10.1 Å². The quantitative estimate of drug-likeness (QED) is 0.368. The molecule has 0 fully saturated rings. The lowest BCUT2D eigenvalue weighted by Crippen LogP contribution is -2.35. The van der Waals surface area contributed by atoms with Gasteiger partial charge in [0.05, 0.1) is 45.4 Å². The smallest absolute Gasteiger partial charge is 0.265 e. The summed E-state index contributed by atoms with van der Waals surface area (Å²) >= 11 is 1.62. The minimum atomic E-state index is -4.00. The molecule has 11 heteroatoms. The first-order valence-corrected chi connectivity index (χ1v) is 14.6. The predicted molar refractivity (Wildman–Crippen MR) is 142 cm³/mol. The van der Waals surface area contributed by atoms with Gasteiger partial charge in [-0.25, -0.2) is 0 Å². The number of nitrogens with zero attached hydrogens (tertiary/aromatic N) is 1. The Labute approximate surface area is 220 Å². The zero-order valence-electron chi connectivity index (χ0n) is 20.5. The average molecular weight is 551 g/mol. The Morgan fingerprint density at radius 3 is 2.19 bits per heavy atom. The zero-order valence-corrected chi connectivity index (χ0v) is 22.2. The van der Waals surface area contributed by atoms with Crippen molar-refractivity contribution in [3.63, 3.8) is 0 Å². The molecule has 3 aromatic rings. The van der Waals surface area contributed by atoms with Gasteiger partial charge in [0.1, 0.15) is 17.9 Å². The van der Waals surface area contributed by atoms with Crippen molar-refractivity contribution in [1.29, 1.82) is 0 Å². The molecule has 2 aromatic carbocycles. The summed E-state index contributed by atoms with van der Waals surface area (Å²) in [5.41, 5.74) is 1.94. The molecule has 2 heterocycles. The lowest BCUT2D eigenvalue weighted by atomic mass is 10.2. The maximum Gasteiger partial charge on any atom is 0.265 e. The highest BCUT2D eigenvalue weighted by atomic mass is 32.2. The molecule has 0 unspecified atom stereocenters. The summed E-state index contributed by atoms with van der Waals surface area (Å²) < 4.78 is 63.1. The highest BCUT2D eigenvalue weighted by molar-refractivity contribution is 7.85. The van der Waals surface area contributed by atoms with Gasteiger partial charge in [-0.2, -0.15) is 13.0 Å². The Morgan fingerprint density at radius 1 is 0.838 bits per heavy atom. The molecule has 0 amide bonds. The van der Waals surface area contributed by atoms with Crippen LogP contribution in [0.2, 0.25) is 0 Å². The molecule has 0 saturated heterocycles. The summed E-state index contributed by atoms with van der Waals surface area (Å²) in [4.78, 5) is 0. The zero-order chi connectivity index (χ0) is 25.9. The third-order valence-corrected chi connectivity index (χ3v) is 7.46. The Morgan fingerprint density at radius 2 is 1.49 bits per heavy atom. The second-order valence-corrected chi connectivity index (χ2v) is 10.9. The fraction of sp³-hybridized carbons (Fsp3) is 0.423. The summed E-state index contributed by atoms with van der Waals surface area (Å²) in [5, 5.41) is 0.970. The van der Waals surface area contributed by atoms with Crippen LogP contribution in [-0.4, -0.2) is 71.6 Å². The molecule has 1 aromatic heterocycles. The molecular formula is C26H32NO8S2+. The van der Waals surface area contributed by atoms with Crippen molar-refractivity contribution >= 4 is 43.8 Å². The molecule has 9 nitrogen and oxygen atoms in total. The first kappa shape index (κ1) is 27.5. The van der Waals surface area contributed by atoms with E-state index in [0.717, 1.165) is 20.8 Å². The van der Waals surface area contributed by atoms with Crippen molar-refractivity contribution in [3.05, 3.63) is 53.0 Å². The molecule has 0 saturated carbocycles. The molecule has 0 atom stereocenters. The van der Waals surface area contributed by atoms with Crippen molar-refractivity contribution < 1.29 is 41.2 Å². The van der Waals surface area contributed by atoms with E-state index in [2.05, 4.69) is 4.57 Å². The fourth-order valence-corrected chi connectivity index (χ4v) is 5.39. The Hall–Kier alpha value is -2.54. The number of fused-ring (bicyclic) bond motifs is 2. The number of thiazole rings is 1. The third kappa shape index (κ3) is 8.77. The summed E-state index contributed by atoms with van der Waals surface area (Å²) in [5.74, 6) is 0.973. The van der Waals surface area contributed by atoms with Crippen LogP contribution in [0, 0.1) is 0 Å². The SMILES string of the molecule is O=S(=O)(O)CCC[n+]1c(/C=C/c2ccc3c(c2)OCCOCCOCCOCCO3)sc2ccccc21. The average Bonchev–Trinajstić information content (AvgIpc) is 3.22. The van der Waals surface area contributed by atoms with E-state index >= 15 is 0 Å². The van der Waals surface area contributed by atoms with E-state index in [-0.39, 0.29) is 5.75 Å². The summed E-state index contributed by atoms with van der Waals surface area (Å²) in [6, 6.07) is 13.7. The van der Waals surface area contributed by atoms with E-state index in [1.54, 1.807) is 11.3 Å². The van der Waals surface area contributed by atoms with E-state index in [9.17, 15) is 8.42 Å². The Bertz CT molecular complexity index is 1290. The summed E-state index contributed by atoms with van der Waals surface area (Å²) in [6.07, 6.45) is 4.30. The van der Waals surface area contributed by atoms with Crippen LogP contribution in [0.5, 0.6) is 11.5 Å². The minimum absolute atomic E-state index is 0.280. The second-order valence-electron chi connectivity index (χ2n) is 8.27. The summed E-state index contributed by atoms with van der Waals surface area (Å²) in [6.45, 7) is 4.16. The van der Waals surface area contributed by atoms with Crippen LogP contribution in [0.25, 0.3) is 22.4 Å². The van der Waals surface area contributed by atoms with Gasteiger partial charge in [-0.3, -0.25) is 4.55 Å². The van der Waals surface area contributed by atoms with Crippen molar-refractivity contribution in [2.24, 2.45) is 0 Å². The molecule has 0 aliphatic carbocycles. The van der Waals surface area contributed by atoms with Crippen LogP contribution >= 0.6 is 11.3 Å². The maximum absolute atomic E-state index is 11.2. The highest BCUT2D eigenvalue weighted by Crippen LogP contribution is 2.30. The van der Waals surface area contributed by atoms with Gasteiger partial charge < -0.3 is 23.7 Å². The fourth-order valence-electron chi connectivity index (χ4n) is 3.80. The second kappa shape index (κ2) is 13.8. The maximum atomic E-state index is 11.2. The molecule has 1 N–H and O–H groups in total. The van der Waals surface area contributed by atoms with Gasteiger partial charge in [-0.15, -0.1) is 0 Å². The van der Waals surface area contributed by atoms with Crippen LogP contribution in [0.3, 0.4) is 0 Å². The van der Waals surface area contributed by atoms with Crippen LogP contribution in [-0.2, 0) is 30.9 Å². The molecular weight excluding hydrogens is 518 g/mol. The van der Waals surface area contributed by atoms with E-state index in [0.29, 0.717) is 77.3 Å². The minimum Gasteiger partial charge on any atom is -0.487 e. The van der Waals surface area contributed by atoms with Crippen LogP contribution in [0.15, 0.2) is 42.5 Å². The van der Waals surface area contributed by atoms with Crippen molar-refractivity contribution in [2.45, 2.75) is 13.0 Å². The molecule has 0 bridgehead atoms. The van der Waals surface area contributed by atoms with Gasteiger partial charge in [0, 0.05) is 18.6 Å². The predicted octanol–water partition coefficient (Wildman–Crippen LogP) is 3.46. The summed E-state index contributed by atoms with van der Waals surface area (Å²) in [7, 11) is -4.00. The van der Waals surface area contributed by atoms with Crippen LogP contribution < -0.4 is 14.0 Å². The molecule has 1 aliphatic heterocycles. The molecule has 200 valence electrons. The van der Waals surface area contributed by atoms with Gasteiger partial charge in [0.2, 0.25) is 5.52 Å².